The third-order valence-electron chi connectivity index (χ3n) is 9.68. The standard InChI is InChI=1S/C48H33N3O/c1-49-48(43-29-28-41(35-13-3-2-4-14-35)46-45(43)42-19-9-10-21-44(42)52-46)51-47(50-31-32-22-23-33-12-5-6-16-38(33)30-32)37-26-24-36(25-27-37)40-20-11-17-34-15-7-8-18-39(34)40/h2-30H,1,31H2/b50-47-,51-48-. The molecule has 0 unspecified atom stereocenters. The van der Waals surface area contributed by atoms with Gasteiger partial charge in [-0.05, 0) is 74.8 Å². The molecule has 0 fully saturated rings. The Balaban J connectivity index is 1.19. The van der Waals surface area contributed by atoms with Gasteiger partial charge in [0.1, 0.15) is 11.2 Å². The van der Waals surface area contributed by atoms with E-state index in [2.05, 4.69) is 151 Å². The number of furan rings is 1. The van der Waals surface area contributed by atoms with Gasteiger partial charge in [0.05, 0.1) is 6.54 Å². The van der Waals surface area contributed by atoms with Crippen LogP contribution in [0, 0.1) is 0 Å². The molecule has 1 heterocycles. The zero-order valence-electron chi connectivity index (χ0n) is 28.4. The molecule has 0 atom stereocenters. The minimum absolute atomic E-state index is 0.455. The maximum atomic E-state index is 6.54. The Hall–Kier alpha value is -6.91. The molecule has 0 radical (unpaired) electrons. The third kappa shape index (κ3) is 5.76. The molecule has 0 spiro atoms. The average molecular weight is 668 g/mol. The van der Waals surface area contributed by atoms with Crippen molar-refractivity contribution in [1.82, 2.24) is 0 Å². The van der Waals surface area contributed by atoms with Crippen LogP contribution in [-0.2, 0) is 6.54 Å². The van der Waals surface area contributed by atoms with Crippen LogP contribution in [0.5, 0.6) is 0 Å². The molecule has 0 aliphatic carbocycles. The van der Waals surface area contributed by atoms with Gasteiger partial charge in [0.2, 0.25) is 0 Å². The van der Waals surface area contributed by atoms with Crippen molar-refractivity contribution in [3.63, 3.8) is 0 Å². The summed E-state index contributed by atoms with van der Waals surface area (Å²) in [5.41, 5.74) is 8.81. The summed E-state index contributed by atoms with van der Waals surface area (Å²) in [4.78, 5) is 14.9. The van der Waals surface area contributed by atoms with Gasteiger partial charge in [0, 0.05) is 27.5 Å². The second-order valence-corrected chi connectivity index (χ2v) is 12.8. The summed E-state index contributed by atoms with van der Waals surface area (Å²) in [6.07, 6.45) is 0. The second-order valence-electron chi connectivity index (χ2n) is 12.8. The van der Waals surface area contributed by atoms with Crippen LogP contribution in [0.1, 0.15) is 16.7 Å². The Morgan fingerprint density at radius 1 is 0.519 bits per heavy atom. The third-order valence-corrected chi connectivity index (χ3v) is 9.68. The maximum Gasteiger partial charge on any atom is 0.161 e. The van der Waals surface area contributed by atoms with E-state index in [1.54, 1.807) is 0 Å². The number of para-hydroxylation sites is 1. The van der Waals surface area contributed by atoms with Gasteiger partial charge < -0.3 is 4.42 Å². The molecule has 4 nitrogen and oxygen atoms in total. The van der Waals surface area contributed by atoms with Crippen LogP contribution in [0.15, 0.2) is 195 Å². The van der Waals surface area contributed by atoms with Crippen molar-refractivity contribution in [2.24, 2.45) is 15.0 Å². The van der Waals surface area contributed by atoms with Crippen LogP contribution in [0.3, 0.4) is 0 Å². The molecule has 9 aromatic rings. The van der Waals surface area contributed by atoms with Crippen LogP contribution in [0.2, 0.25) is 0 Å². The average Bonchev–Trinajstić information content (AvgIpc) is 3.61. The molecule has 0 aliphatic heterocycles. The lowest BCUT2D eigenvalue weighted by Gasteiger charge is -2.11. The van der Waals surface area contributed by atoms with Crippen molar-refractivity contribution in [2.45, 2.75) is 6.54 Å². The summed E-state index contributed by atoms with van der Waals surface area (Å²) in [6.45, 7) is 4.46. The zero-order valence-corrected chi connectivity index (χ0v) is 28.4. The number of aliphatic imine (C=N–C) groups is 3. The Morgan fingerprint density at radius 3 is 2.04 bits per heavy atom. The van der Waals surface area contributed by atoms with Crippen LogP contribution in [0.25, 0.3) is 65.7 Å². The highest BCUT2D eigenvalue weighted by atomic mass is 16.3. The second kappa shape index (κ2) is 13.4. The number of hydrogen-bond acceptors (Lipinski definition) is 2. The highest BCUT2D eigenvalue weighted by Crippen LogP contribution is 2.38. The minimum atomic E-state index is 0.455. The quantitative estimate of drug-likeness (QED) is 0.129. The number of fused-ring (bicyclic) bond motifs is 5. The van der Waals surface area contributed by atoms with Crippen molar-refractivity contribution < 1.29 is 4.42 Å². The van der Waals surface area contributed by atoms with Gasteiger partial charge in [-0.25, -0.2) is 9.98 Å². The number of amidine groups is 2. The lowest BCUT2D eigenvalue weighted by molar-refractivity contribution is 0.670. The predicted molar refractivity (Wildman–Crippen MR) is 219 cm³/mol. The van der Waals surface area contributed by atoms with E-state index in [9.17, 15) is 0 Å². The zero-order chi connectivity index (χ0) is 34.9. The number of nitrogens with zero attached hydrogens (tertiary/aromatic N) is 3. The largest absolute Gasteiger partial charge is 0.455 e. The van der Waals surface area contributed by atoms with Crippen molar-refractivity contribution in [2.75, 3.05) is 0 Å². The van der Waals surface area contributed by atoms with Gasteiger partial charge >= 0.3 is 0 Å². The van der Waals surface area contributed by atoms with Crippen molar-refractivity contribution in [3.05, 3.63) is 193 Å². The van der Waals surface area contributed by atoms with Gasteiger partial charge in [0.25, 0.3) is 0 Å². The first kappa shape index (κ1) is 31.1. The predicted octanol–water partition coefficient (Wildman–Crippen LogP) is 12.3. The van der Waals surface area contributed by atoms with Gasteiger partial charge in [-0.3, -0.25) is 4.99 Å². The van der Waals surface area contributed by atoms with Crippen molar-refractivity contribution >= 4 is 61.9 Å². The summed E-state index contributed by atoms with van der Waals surface area (Å²) in [5, 5.41) is 6.75. The van der Waals surface area contributed by atoms with E-state index in [-0.39, 0.29) is 0 Å². The molecular formula is C48H33N3O. The SMILES string of the molecule is C=N/C(=N\C(=N/Cc1ccc2ccccc2c1)c1ccc(-c2cccc3ccccc23)cc1)c1ccc(-c2ccccc2)c2oc3ccccc3c12. The summed E-state index contributed by atoms with van der Waals surface area (Å²) >= 11 is 0. The molecule has 8 aromatic carbocycles. The van der Waals surface area contributed by atoms with Crippen LogP contribution in [0.4, 0.5) is 0 Å². The molecular weight excluding hydrogens is 635 g/mol. The fraction of sp³-hybridized carbons (Fsp3) is 0.0208. The van der Waals surface area contributed by atoms with Crippen LogP contribution < -0.4 is 0 Å². The molecule has 0 bridgehead atoms. The Kier molecular flexibility index (Phi) is 8.03. The molecule has 4 heteroatoms. The van der Waals surface area contributed by atoms with E-state index in [1.807, 2.05) is 36.4 Å². The first-order valence-electron chi connectivity index (χ1n) is 17.4. The fourth-order valence-corrected chi connectivity index (χ4v) is 7.11. The molecule has 0 aliphatic rings. The summed E-state index contributed by atoms with van der Waals surface area (Å²) < 4.78 is 6.54. The maximum absolute atomic E-state index is 6.54. The summed E-state index contributed by atoms with van der Waals surface area (Å²) in [7, 11) is 0. The molecule has 0 saturated carbocycles. The van der Waals surface area contributed by atoms with Gasteiger partial charge in [-0.2, -0.15) is 0 Å². The van der Waals surface area contributed by atoms with Gasteiger partial charge in [0.15, 0.2) is 11.7 Å². The monoisotopic (exact) mass is 667 g/mol. The molecule has 9 rings (SSSR count). The van der Waals surface area contributed by atoms with E-state index in [1.165, 1.54) is 27.1 Å². The highest BCUT2D eigenvalue weighted by molar-refractivity contribution is 6.23. The van der Waals surface area contributed by atoms with Gasteiger partial charge in [-0.1, -0.05) is 152 Å². The van der Waals surface area contributed by atoms with Crippen molar-refractivity contribution in [1.29, 1.82) is 0 Å². The number of rotatable bonds is 6. The number of hydrogen-bond donors (Lipinski definition) is 0. The van der Waals surface area contributed by atoms with Crippen molar-refractivity contribution in [3.8, 4) is 22.3 Å². The normalized spacial score (nSPS) is 12.2. The molecule has 1 aromatic heterocycles. The van der Waals surface area contributed by atoms with Crippen LogP contribution in [-0.4, -0.2) is 18.4 Å². The molecule has 246 valence electrons. The van der Waals surface area contributed by atoms with E-state index in [4.69, 9.17) is 14.4 Å². The number of benzene rings is 8. The Morgan fingerprint density at radius 2 is 1.21 bits per heavy atom. The molecule has 0 saturated heterocycles. The topological polar surface area (TPSA) is 50.2 Å². The first-order valence-corrected chi connectivity index (χ1v) is 17.4. The van der Waals surface area contributed by atoms with Gasteiger partial charge in [-0.15, -0.1) is 0 Å². The molecule has 0 amide bonds. The Bertz CT molecular complexity index is 2820. The lowest BCUT2D eigenvalue weighted by Crippen LogP contribution is -2.06. The molecule has 0 N–H and O–H groups in total. The van der Waals surface area contributed by atoms with Crippen LogP contribution >= 0.6 is 0 Å². The first-order chi connectivity index (χ1) is 25.7. The minimum Gasteiger partial charge on any atom is -0.455 e. The van der Waals surface area contributed by atoms with E-state index < -0.39 is 0 Å². The highest BCUT2D eigenvalue weighted by Gasteiger charge is 2.19. The Labute approximate surface area is 301 Å². The van der Waals surface area contributed by atoms with E-state index in [0.29, 0.717) is 18.2 Å². The van der Waals surface area contributed by atoms with E-state index in [0.717, 1.165) is 55.3 Å². The lowest BCUT2D eigenvalue weighted by atomic mass is 9.97. The summed E-state index contributed by atoms with van der Waals surface area (Å²) in [6, 6.07) is 60.8. The van der Waals surface area contributed by atoms with E-state index >= 15 is 0 Å². The smallest absolute Gasteiger partial charge is 0.161 e. The fourth-order valence-electron chi connectivity index (χ4n) is 7.11. The molecule has 52 heavy (non-hydrogen) atoms. The summed E-state index contributed by atoms with van der Waals surface area (Å²) in [5.74, 6) is 1.06.